The molecule has 8 rings (SSSR count). The lowest BCUT2D eigenvalue weighted by Gasteiger charge is -2.14. The number of pyridine rings is 2. The Morgan fingerprint density at radius 2 is 1.16 bits per heavy atom. The van der Waals surface area contributed by atoms with Gasteiger partial charge in [0.2, 0.25) is 6.08 Å². The van der Waals surface area contributed by atoms with Crippen LogP contribution in [0.15, 0.2) is 164 Å². The zero-order valence-electron chi connectivity index (χ0n) is 36.0. The smallest absolute Gasteiger partial charge is 0.416 e. The average Bonchev–Trinajstić information content (AvgIpc) is 3.99. The summed E-state index contributed by atoms with van der Waals surface area (Å²) in [6, 6.07) is 27.5. The van der Waals surface area contributed by atoms with Crippen molar-refractivity contribution >= 4 is 34.9 Å². The van der Waals surface area contributed by atoms with Crippen molar-refractivity contribution in [3.63, 3.8) is 0 Å². The second-order valence-corrected chi connectivity index (χ2v) is 14.3. The molecule has 0 atom stereocenters. The van der Waals surface area contributed by atoms with E-state index < -0.39 is 29.5 Å². The lowest BCUT2D eigenvalue weighted by molar-refractivity contribution is -0.138. The van der Waals surface area contributed by atoms with Crippen molar-refractivity contribution in [3.8, 4) is 34.3 Å². The van der Waals surface area contributed by atoms with Crippen LogP contribution in [0.2, 0.25) is 0 Å². The van der Waals surface area contributed by atoms with Gasteiger partial charge in [-0.25, -0.2) is 19.6 Å². The zero-order valence-corrected chi connectivity index (χ0v) is 36.0. The molecule has 0 saturated heterocycles. The third kappa shape index (κ3) is 13.4. The number of aliphatic imine (C=N–C) groups is 1. The number of anilines is 3. The number of halogens is 6. The molecule has 4 N–H and O–H groups in total. The minimum atomic E-state index is -4.55. The highest BCUT2D eigenvalue weighted by molar-refractivity contribution is 6.00. The highest BCUT2D eigenvalue weighted by atomic mass is 19.4. The number of amides is 2. The highest BCUT2D eigenvalue weighted by Crippen LogP contribution is 2.37. The minimum Gasteiger partial charge on any atom is -0.495 e. The third-order valence-corrected chi connectivity index (χ3v) is 9.60. The Labute approximate surface area is 384 Å². The Morgan fingerprint density at radius 3 is 1.68 bits per heavy atom. The van der Waals surface area contributed by atoms with Crippen LogP contribution in [-0.4, -0.2) is 55.4 Å². The first-order valence-corrected chi connectivity index (χ1v) is 20.1. The standard InChI is InChI=1S/C24H20F3N5O2.C15H14N4.C9H6F3NO2/c1-34-21-6-5-18(24(25,26)27)14-20(21)31-23(33)30-19-4-2-3-16(13-19)15-32-12-11-29-22(32)17-7-9-28-10-8-17;16-14-3-1-2-12(10-14)11-19-9-8-18-15(19)13-4-6-17-7-5-13;1-15-8-3-2-6(9(10,11)12)4-7(8)13-5-14/h2-14H,15H2,1H3,(H2,30,31,33);1-10H,11,16H2;2-4H,1H3. The number of nitrogens with zero attached hydrogens (tertiary/aromatic N) is 7. The molecule has 4 aromatic heterocycles. The first-order valence-electron chi connectivity index (χ1n) is 20.1. The molecule has 0 aliphatic carbocycles. The van der Waals surface area contributed by atoms with Crippen molar-refractivity contribution in [1.29, 1.82) is 0 Å². The third-order valence-electron chi connectivity index (χ3n) is 9.60. The molecule has 0 aliphatic rings. The molecule has 0 bridgehead atoms. The van der Waals surface area contributed by atoms with E-state index in [0.717, 1.165) is 82.5 Å². The number of benzene rings is 4. The molecule has 4 aromatic carbocycles. The van der Waals surface area contributed by atoms with Crippen LogP contribution in [0.25, 0.3) is 22.8 Å². The van der Waals surface area contributed by atoms with E-state index in [-0.39, 0.29) is 22.9 Å². The first-order chi connectivity index (χ1) is 32.6. The van der Waals surface area contributed by atoms with Crippen LogP contribution < -0.4 is 25.8 Å². The SMILES string of the molecule is COc1ccc(C(F)(F)F)cc1N=C=O.COc1ccc(C(F)(F)F)cc1NC(=O)Nc1cccc(Cn2ccnc2-c2ccncc2)c1.Nc1cccc(Cn2ccnc2-c2ccncc2)c1. The van der Waals surface area contributed by atoms with E-state index in [1.54, 1.807) is 49.2 Å². The van der Waals surface area contributed by atoms with Gasteiger partial charge in [-0.3, -0.25) is 9.97 Å². The van der Waals surface area contributed by atoms with Gasteiger partial charge in [0.05, 0.1) is 31.0 Å². The van der Waals surface area contributed by atoms with E-state index in [9.17, 15) is 35.9 Å². The maximum Gasteiger partial charge on any atom is 0.416 e. The predicted molar refractivity (Wildman–Crippen MR) is 243 cm³/mol. The predicted octanol–water partition coefficient (Wildman–Crippen LogP) is 10.9. The van der Waals surface area contributed by atoms with E-state index in [2.05, 4.69) is 46.2 Å². The molecular weight excluding hydrogens is 895 g/mol. The van der Waals surface area contributed by atoms with Gasteiger partial charge in [0, 0.05) is 85.2 Å². The molecule has 20 heteroatoms. The number of methoxy groups -OCH3 is 2. The maximum absolute atomic E-state index is 13.0. The van der Waals surface area contributed by atoms with Crippen molar-refractivity contribution in [3.05, 3.63) is 181 Å². The summed E-state index contributed by atoms with van der Waals surface area (Å²) >= 11 is 0. The van der Waals surface area contributed by atoms with Crippen molar-refractivity contribution < 1.29 is 45.4 Å². The average molecular weight is 935 g/mol. The molecule has 4 heterocycles. The summed E-state index contributed by atoms with van der Waals surface area (Å²) in [6.45, 7) is 1.25. The summed E-state index contributed by atoms with van der Waals surface area (Å²) in [7, 11) is 2.58. The molecule has 0 unspecified atom stereocenters. The largest absolute Gasteiger partial charge is 0.495 e. The number of nitrogens with two attached hydrogens (primary N) is 1. The van der Waals surface area contributed by atoms with Gasteiger partial charge >= 0.3 is 18.4 Å². The second-order valence-electron chi connectivity index (χ2n) is 14.3. The van der Waals surface area contributed by atoms with Crippen LogP contribution in [0, 0.1) is 0 Å². The number of alkyl halides is 6. The van der Waals surface area contributed by atoms with Gasteiger partial charge in [0.25, 0.3) is 0 Å². The first kappa shape index (κ1) is 48.7. The molecule has 0 fully saturated rings. The number of ether oxygens (including phenoxy) is 2. The molecule has 14 nitrogen and oxygen atoms in total. The number of carbonyl (C=O) groups excluding carboxylic acids is 2. The van der Waals surface area contributed by atoms with Gasteiger partial charge in [-0.05, 0) is 96.1 Å². The Morgan fingerprint density at radius 1 is 0.647 bits per heavy atom. The number of aromatic nitrogens is 6. The second kappa shape index (κ2) is 22.4. The molecule has 68 heavy (non-hydrogen) atoms. The summed E-state index contributed by atoms with van der Waals surface area (Å²) in [5, 5.41) is 5.07. The molecular formula is C48H40F6N10O4. The number of hydrogen-bond acceptors (Lipinski definition) is 10. The molecule has 8 aromatic rings. The quantitative estimate of drug-likeness (QED) is 0.0493. The van der Waals surface area contributed by atoms with Crippen LogP contribution in [0.5, 0.6) is 11.5 Å². The van der Waals surface area contributed by atoms with Gasteiger partial charge in [-0.1, -0.05) is 24.3 Å². The van der Waals surface area contributed by atoms with Gasteiger partial charge in [0.15, 0.2) is 0 Å². The lowest BCUT2D eigenvalue weighted by Crippen LogP contribution is -2.20. The number of imidazole rings is 2. The molecule has 348 valence electrons. The van der Waals surface area contributed by atoms with E-state index in [0.29, 0.717) is 12.2 Å². The molecule has 0 aliphatic heterocycles. The number of rotatable bonds is 11. The maximum atomic E-state index is 13.0. The van der Waals surface area contributed by atoms with Gasteiger partial charge < -0.3 is 35.0 Å². The molecule has 0 radical (unpaired) electrons. The van der Waals surface area contributed by atoms with Gasteiger partial charge in [-0.2, -0.15) is 31.3 Å². The summed E-state index contributed by atoms with van der Waals surface area (Å²) in [4.78, 5) is 42.5. The van der Waals surface area contributed by atoms with Crippen LogP contribution in [0.3, 0.4) is 0 Å². The number of hydrogen-bond donors (Lipinski definition) is 3. The minimum absolute atomic E-state index is 0.0892. The summed E-state index contributed by atoms with van der Waals surface area (Å²) in [5.41, 5.74) is 9.03. The van der Waals surface area contributed by atoms with Crippen molar-refractivity contribution in [2.75, 3.05) is 30.6 Å². The lowest BCUT2D eigenvalue weighted by atomic mass is 10.1. The summed E-state index contributed by atoms with van der Waals surface area (Å²) in [5.74, 6) is 1.91. The number of urea groups is 1. The highest BCUT2D eigenvalue weighted by Gasteiger charge is 2.32. The molecule has 2 amide bonds. The fourth-order valence-corrected chi connectivity index (χ4v) is 6.50. The fourth-order valence-electron chi connectivity index (χ4n) is 6.50. The van der Waals surface area contributed by atoms with E-state index in [1.807, 2.05) is 71.7 Å². The van der Waals surface area contributed by atoms with Gasteiger partial charge in [-0.15, -0.1) is 0 Å². The number of carbonyl (C=O) groups is 1. The fraction of sp³-hybridized carbons (Fsp3) is 0.125. The molecule has 0 saturated carbocycles. The van der Waals surface area contributed by atoms with E-state index in [1.165, 1.54) is 20.3 Å². The number of nitrogen functional groups attached to an aromatic ring is 1. The Balaban J connectivity index is 0.000000188. The van der Waals surface area contributed by atoms with Gasteiger partial charge in [0.1, 0.15) is 28.8 Å². The van der Waals surface area contributed by atoms with Crippen molar-refractivity contribution in [2.24, 2.45) is 4.99 Å². The van der Waals surface area contributed by atoms with Crippen molar-refractivity contribution in [1.82, 2.24) is 29.1 Å². The van der Waals surface area contributed by atoms with E-state index >= 15 is 0 Å². The normalized spacial score (nSPS) is 10.9. The monoisotopic (exact) mass is 934 g/mol. The van der Waals surface area contributed by atoms with Crippen LogP contribution in [-0.2, 0) is 30.2 Å². The number of nitrogens with one attached hydrogen (secondary N) is 2. The Bertz CT molecular complexity index is 2970. The number of isocyanates is 1. The zero-order chi connectivity index (χ0) is 48.7. The topological polar surface area (TPSA) is 176 Å². The van der Waals surface area contributed by atoms with Crippen molar-refractivity contribution in [2.45, 2.75) is 25.4 Å². The summed E-state index contributed by atoms with van der Waals surface area (Å²) < 4.78 is 89.8. The summed E-state index contributed by atoms with van der Waals surface area (Å²) in [6.07, 6.45) is 6.41. The molecule has 0 spiro atoms. The van der Waals surface area contributed by atoms with Crippen LogP contribution in [0.4, 0.5) is 53.9 Å². The Kier molecular flexibility index (Phi) is 16.1. The Hall–Kier alpha value is -8.77. The van der Waals surface area contributed by atoms with Crippen LogP contribution in [0.1, 0.15) is 22.3 Å². The van der Waals surface area contributed by atoms with E-state index in [4.69, 9.17) is 15.2 Å². The van der Waals surface area contributed by atoms with Crippen LogP contribution >= 0.6 is 0 Å².